The molecular weight excluding hydrogens is 254 g/mol. The van der Waals surface area contributed by atoms with Crippen molar-refractivity contribution in [2.75, 3.05) is 0 Å². The van der Waals surface area contributed by atoms with E-state index >= 15 is 0 Å². The van der Waals surface area contributed by atoms with Gasteiger partial charge in [-0.05, 0) is 30.6 Å². The Hall–Kier alpha value is -1.06. The molecule has 0 saturated heterocycles. The van der Waals surface area contributed by atoms with E-state index in [1.807, 2.05) is 6.92 Å². The lowest BCUT2D eigenvalue weighted by molar-refractivity contribution is -0.144. The average Bonchev–Trinajstić information content (AvgIpc) is 2.93. The molecule has 4 heteroatoms. The molecule has 0 amide bonds. The zero-order valence-corrected chi connectivity index (χ0v) is 13.1. The Kier molecular flexibility index (Phi) is 2.93. The van der Waals surface area contributed by atoms with Gasteiger partial charge in [-0.25, -0.2) is 4.99 Å². The van der Waals surface area contributed by atoms with Crippen molar-refractivity contribution in [3.8, 4) is 0 Å². The van der Waals surface area contributed by atoms with Crippen LogP contribution in [0, 0.1) is 16.7 Å². The highest BCUT2D eigenvalue weighted by Crippen LogP contribution is 2.68. The molecule has 0 aromatic heterocycles. The fourth-order valence-corrected chi connectivity index (χ4v) is 4.59. The number of carbonyl (C=O) groups is 1. The zero-order chi connectivity index (χ0) is 14.7. The van der Waals surface area contributed by atoms with Crippen molar-refractivity contribution in [3.05, 3.63) is 0 Å². The van der Waals surface area contributed by atoms with Crippen molar-refractivity contribution < 1.29 is 14.3 Å². The molecule has 0 spiro atoms. The van der Waals surface area contributed by atoms with Crippen LogP contribution >= 0.6 is 0 Å². The first-order valence-electron chi connectivity index (χ1n) is 7.73. The maximum Gasteiger partial charge on any atom is 0.303 e. The summed E-state index contributed by atoms with van der Waals surface area (Å²) in [5.41, 5.74) is 0.461. The second-order valence-corrected chi connectivity index (χ2v) is 7.29. The van der Waals surface area contributed by atoms with Crippen LogP contribution < -0.4 is 0 Å². The molecule has 2 fully saturated rings. The van der Waals surface area contributed by atoms with Crippen molar-refractivity contribution >= 4 is 11.9 Å². The van der Waals surface area contributed by atoms with Crippen LogP contribution in [-0.2, 0) is 14.3 Å². The molecule has 112 valence electrons. The quantitative estimate of drug-likeness (QED) is 0.746. The van der Waals surface area contributed by atoms with Gasteiger partial charge in [0.15, 0.2) is 6.10 Å². The molecular formula is C16H25NO3. The minimum absolute atomic E-state index is 0.163. The van der Waals surface area contributed by atoms with E-state index in [1.165, 1.54) is 19.8 Å². The molecule has 2 bridgehead atoms. The maximum atomic E-state index is 11.2. The van der Waals surface area contributed by atoms with Gasteiger partial charge in [0.1, 0.15) is 6.10 Å². The maximum absolute atomic E-state index is 11.2. The molecule has 20 heavy (non-hydrogen) atoms. The Morgan fingerprint density at radius 1 is 1.50 bits per heavy atom. The van der Waals surface area contributed by atoms with Crippen molar-refractivity contribution in [3.63, 3.8) is 0 Å². The molecule has 0 aromatic rings. The normalized spacial score (nSPS) is 41.9. The van der Waals surface area contributed by atoms with E-state index in [0.29, 0.717) is 18.2 Å². The molecule has 0 aromatic carbocycles. The van der Waals surface area contributed by atoms with E-state index < -0.39 is 0 Å². The molecule has 1 aliphatic heterocycles. The van der Waals surface area contributed by atoms with Crippen LogP contribution in [0.4, 0.5) is 0 Å². The van der Waals surface area contributed by atoms with Crippen molar-refractivity contribution in [2.45, 2.75) is 72.1 Å². The summed E-state index contributed by atoms with van der Waals surface area (Å²) in [4.78, 5) is 16.0. The fourth-order valence-electron chi connectivity index (χ4n) is 4.59. The van der Waals surface area contributed by atoms with Gasteiger partial charge in [-0.15, -0.1) is 0 Å². The number of fused-ring (bicyclic) bond motifs is 5. The predicted octanol–water partition coefficient (Wildman–Crippen LogP) is 2.95. The number of nitrogens with zero attached hydrogens (tertiary/aromatic N) is 1. The summed E-state index contributed by atoms with van der Waals surface area (Å²) in [7, 11) is 0. The van der Waals surface area contributed by atoms with Gasteiger partial charge in [-0.3, -0.25) is 4.79 Å². The van der Waals surface area contributed by atoms with Crippen molar-refractivity contribution in [1.29, 1.82) is 0 Å². The van der Waals surface area contributed by atoms with Gasteiger partial charge >= 0.3 is 5.97 Å². The number of rotatable bonds is 3. The first-order valence-corrected chi connectivity index (χ1v) is 7.73. The number of hydrogen-bond acceptors (Lipinski definition) is 4. The number of aliphatic imine (C=N–C) groups is 1. The summed E-state index contributed by atoms with van der Waals surface area (Å²) >= 11 is 0. The Bertz CT molecular complexity index is 470. The third-order valence-corrected chi connectivity index (χ3v) is 6.20. The number of ether oxygens (including phenoxy) is 2. The van der Waals surface area contributed by atoms with Crippen LogP contribution in [0.2, 0.25) is 0 Å². The molecule has 0 unspecified atom stereocenters. The lowest BCUT2D eigenvalue weighted by Gasteiger charge is -2.38. The summed E-state index contributed by atoms with van der Waals surface area (Å²) in [6, 6.07) is 0.253. The minimum atomic E-state index is -0.316. The number of hydrogen-bond donors (Lipinski definition) is 0. The van der Waals surface area contributed by atoms with Gasteiger partial charge in [-0.1, -0.05) is 27.7 Å². The van der Waals surface area contributed by atoms with Gasteiger partial charge in [0.25, 0.3) is 0 Å². The Balaban J connectivity index is 1.85. The molecule has 2 saturated carbocycles. The lowest BCUT2D eigenvalue weighted by atomic mass is 9.70. The van der Waals surface area contributed by atoms with Gasteiger partial charge in [0.2, 0.25) is 5.90 Å². The molecule has 0 N–H and O–H groups in total. The summed E-state index contributed by atoms with van der Waals surface area (Å²) in [6.07, 6.45) is 3.00. The highest BCUT2D eigenvalue weighted by molar-refractivity contribution is 5.85. The standard InChI is InChI=1S/C16H25NO3/c1-6-11(19-9(2)18)14-17-12-10-7-8-16(5,13(12)20-14)15(10,3)4/h10-13H,6-8H2,1-5H3/t10-,11-,12-,13-,16+/m1/s1. The smallest absolute Gasteiger partial charge is 0.303 e. The SMILES string of the molecule is CC[C@@H](OC(C)=O)C1=N[C@@H]2[C@H]3CC[C@@](C)([C@@H]2O1)C3(C)C. The van der Waals surface area contributed by atoms with Crippen LogP contribution in [-0.4, -0.2) is 30.1 Å². The lowest BCUT2D eigenvalue weighted by Crippen LogP contribution is -2.40. The summed E-state index contributed by atoms with van der Waals surface area (Å²) in [5.74, 6) is 0.964. The van der Waals surface area contributed by atoms with Crippen LogP contribution in [0.5, 0.6) is 0 Å². The molecule has 2 aliphatic carbocycles. The monoisotopic (exact) mass is 279 g/mol. The van der Waals surface area contributed by atoms with Crippen LogP contribution in [0.3, 0.4) is 0 Å². The highest BCUT2D eigenvalue weighted by Gasteiger charge is 2.69. The van der Waals surface area contributed by atoms with Gasteiger partial charge in [0, 0.05) is 12.3 Å². The minimum Gasteiger partial charge on any atom is -0.472 e. The van der Waals surface area contributed by atoms with Crippen LogP contribution in [0.1, 0.15) is 53.9 Å². The number of esters is 1. The first-order chi connectivity index (χ1) is 9.31. The predicted molar refractivity (Wildman–Crippen MR) is 76.6 cm³/mol. The van der Waals surface area contributed by atoms with Gasteiger partial charge in [0.05, 0.1) is 6.04 Å². The third-order valence-electron chi connectivity index (χ3n) is 6.20. The molecule has 3 aliphatic rings. The van der Waals surface area contributed by atoms with E-state index in [4.69, 9.17) is 14.5 Å². The summed E-state index contributed by atoms with van der Waals surface area (Å²) in [5, 5.41) is 0. The summed E-state index contributed by atoms with van der Waals surface area (Å²) in [6.45, 7) is 10.5. The van der Waals surface area contributed by atoms with E-state index in [-0.39, 0.29) is 35.0 Å². The fraction of sp³-hybridized carbons (Fsp3) is 0.875. The van der Waals surface area contributed by atoms with E-state index in [1.54, 1.807) is 0 Å². The largest absolute Gasteiger partial charge is 0.472 e. The molecule has 0 radical (unpaired) electrons. The Morgan fingerprint density at radius 2 is 2.20 bits per heavy atom. The molecule has 4 nitrogen and oxygen atoms in total. The second-order valence-electron chi connectivity index (χ2n) is 7.29. The average molecular weight is 279 g/mol. The molecule has 3 rings (SSSR count). The summed E-state index contributed by atoms with van der Waals surface area (Å²) < 4.78 is 11.5. The van der Waals surface area contributed by atoms with Crippen molar-refractivity contribution in [2.24, 2.45) is 21.7 Å². The Labute approximate surface area is 120 Å². The molecule has 5 atom stereocenters. The van der Waals surface area contributed by atoms with E-state index in [2.05, 4.69) is 20.8 Å². The van der Waals surface area contributed by atoms with Crippen molar-refractivity contribution in [1.82, 2.24) is 0 Å². The van der Waals surface area contributed by atoms with Gasteiger partial charge < -0.3 is 9.47 Å². The van der Waals surface area contributed by atoms with E-state index in [9.17, 15) is 4.79 Å². The third kappa shape index (κ3) is 1.60. The van der Waals surface area contributed by atoms with Gasteiger partial charge in [-0.2, -0.15) is 0 Å². The van der Waals surface area contributed by atoms with Crippen LogP contribution in [0.15, 0.2) is 4.99 Å². The first kappa shape index (κ1) is 13.9. The second kappa shape index (κ2) is 4.22. The highest BCUT2D eigenvalue weighted by atomic mass is 16.6. The topological polar surface area (TPSA) is 47.9 Å². The number of carbonyl (C=O) groups excluding carboxylic acids is 1. The zero-order valence-electron chi connectivity index (χ0n) is 13.1. The molecule has 1 heterocycles. The van der Waals surface area contributed by atoms with E-state index in [0.717, 1.165) is 0 Å². The van der Waals surface area contributed by atoms with Crippen LogP contribution in [0.25, 0.3) is 0 Å². The Morgan fingerprint density at radius 3 is 2.75 bits per heavy atom.